The van der Waals surface area contributed by atoms with Gasteiger partial charge in [0.2, 0.25) is 10.0 Å². The Morgan fingerprint density at radius 2 is 2.14 bits per heavy atom. The molecule has 2 aromatic rings. The van der Waals surface area contributed by atoms with Crippen LogP contribution in [-0.2, 0) is 30.2 Å². The molecule has 0 fully saturated rings. The van der Waals surface area contributed by atoms with E-state index in [9.17, 15) is 8.42 Å². The highest BCUT2D eigenvalue weighted by Gasteiger charge is 2.21. The van der Waals surface area contributed by atoms with Crippen molar-refractivity contribution < 1.29 is 12.8 Å². The normalized spacial score (nSPS) is 12.0. The molecule has 8 heteroatoms. The van der Waals surface area contributed by atoms with Crippen LogP contribution in [0.2, 0.25) is 0 Å². The quantitative estimate of drug-likeness (QED) is 0.793. The molecule has 0 aliphatic heterocycles. The summed E-state index contributed by atoms with van der Waals surface area (Å²) in [6, 6.07) is 1.56. The lowest BCUT2D eigenvalue weighted by atomic mass is 10.4. The van der Waals surface area contributed by atoms with Crippen LogP contribution in [0.4, 0.5) is 0 Å². The van der Waals surface area contributed by atoms with Crippen LogP contribution in [0.25, 0.3) is 0 Å². The minimum absolute atomic E-state index is 0.180. The van der Waals surface area contributed by atoms with Gasteiger partial charge >= 0.3 is 0 Å². The third-order valence-corrected chi connectivity index (χ3v) is 4.50. The molecule has 2 N–H and O–H groups in total. The zero-order valence-corrected chi connectivity index (χ0v) is 13.2. The average molecular weight is 312 g/mol. The summed E-state index contributed by atoms with van der Waals surface area (Å²) in [7, 11) is -1.81. The molecule has 0 spiro atoms. The van der Waals surface area contributed by atoms with Crippen molar-refractivity contribution in [3.05, 3.63) is 35.5 Å². The highest BCUT2D eigenvalue weighted by atomic mass is 32.2. The molecule has 0 unspecified atom stereocenters. The van der Waals surface area contributed by atoms with Gasteiger partial charge in [0.15, 0.2) is 0 Å². The van der Waals surface area contributed by atoms with Crippen LogP contribution in [0.1, 0.15) is 24.0 Å². The number of furan rings is 1. The minimum Gasteiger partial charge on any atom is -0.464 e. The van der Waals surface area contributed by atoms with Gasteiger partial charge in [-0.3, -0.25) is 4.68 Å². The lowest BCUT2D eigenvalue weighted by Gasteiger charge is -2.03. The highest BCUT2D eigenvalue weighted by Crippen LogP contribution is 2.20. The first-order chi connectivity index (χ1) is 9.92. The molecule has 0 amide bonds. The molecule has 0 saturated carbocycles. The second-order valence-corrected chi connectivity index (χ2v) is 6.50. The maximum Gasteiger partial charge on any atom is 0.244 e. The average Bonchev–Trinajstić information content (AvgIpc) is 3.00. The van der Waals surface area contributed by atoms with Crippen molar-refractivity contribution in [2.45, 2.75) is 31.8 Å². The van der Waals surface area contributed by atoms with Crippen molar-refractivity contribution in [1.29, 1.82) is 0 Å². The van der Waals surface area contributed by atoms with Gasteiger partial charge in [-0.25, -0.2) is 13.1 Å². The van der Waals surface area contributed by atoms with Gasteiger partial charge in [-0.15, -0.1) is 0 Å². The summed E-state index contributed by atoms with van der Waals surface area (Å²) < 4.78 is 34.2. The number of sulfonamides is 1. The molecule has 0 bridgehead atoms. The summed E-state index contributed by atoms with van der Waals surface area (Å²) in [5.41, 5.74) is 0.801. The predicted octanol–water partition coefficient (Wildman–Crippen LogP) is 0.910. The van der Waals surface area contributed by atoms with E-state index in [-0.39, 0.29) is 11.4 Å². The number of rotatable bonds is 7. The Hall–Kier alpha value is -1.64. The number of aromatic nitrogens is 2. The Balaban J connectivity index is 2.09. The van der Waals surface area contributed by atoms with E-state index in [2.05, 4.69) is 15.1 Å². The van der Waals surface area contributed by atoms with Crippen LogP contribution in [0.5, 0.6) is 0 Å². The standard InChI is InChI=1S/C13H20N4O3S/c1-4-14-8-12-5-13(10(2)20-12)21(18,19)16-7-11-6-15-17(3)9-11/h5-6,9,14,16H,4,7-8H2,1-3H3. The number of hydrogen-bond donors (Lipinski definition) is 2. The van der Waals surface area contributed by atoms with Gasteiger partial charge in [0.05, 0.1) is 12.7 Å². The molecule has 2 heterocycles. The summed E-state index contributed by atoms with van der Waals surface area (Å²) in [5, 5.41) is 7.10. The van der Waals surface area contributed by atoms with Crippen molar-refractivity contribution in [3.8, 4) is 0 Å². The largest absolute Gasteiger partial charge is 0.464 e. The van der Waals surface area contributed by atoms with E-state index in [1.165, 1.54) is 0 Å². The lowest BCUT2D eigenvalue weighted by Crippen LogP contribution is -2.23. The lowest BCUT2D eigenvalue weighted by molar-refractivity contribution is 0.460. The van der Waals surface area contributed by atoms with Crippen molar-refractivity contribution in [3.63, 3.8) is 0 Å². The maximum atomic E-state index is 12.3. The van der Waals surface area contributed by atoms with Crippen LogP contribution in [0.3, 0.4) is 0 Å². The van der Waals surface area contributed by atoms with Crippen LogP contribution in [0.15, 0.2) is 27.8 Å². The Kier molecular flexibility index (Phi) is 4.81. The van der Waals surface area contributed by atoms with Crippen molar-refractivity contribution in [2.24, 2.45) is 7.05 Å². The van der Waals surface area contributed by atoms with Crippen molar-refractivity contribution >= 4 is 10.0 Å². The predicted molar refractivity (Wildman–Crippen MR) is 78.1 cm³/mol. The molecule has 0 aromatic carbocycles. The van der Waals surface area contributed by atoms with E-state index < -0.39 is 10.0 Å². The third kappa shape index (κ3) is 3.93. The Morgan fingerprint density at radius 1 is 1.38 bits per heavy atom. The number of hydrogen-bond acceptors (Lipinski definition) is 5. The van der Waals surface area contributed by atoms with Crippen LogP contribution in [0, 0.1) is 6.92 Å². The zero-order valence-electron chi connectivity index (χ0n) is 12.4. The molecular weight excluding hydrogens is 292 g/mol. The van der Waals surface area contributed by atoms with Gasteiger partial charge in [0.25, 0.3) is 0 Å². The van der Waals surface area contributed by atoms with E-state index in [0.29, 0.717) is 18.1 Å². The second-order valence-electron chi connectivity index (χ2n) is 4.76. The highest BCUT2D eigenvalue weighted by molar-refractivity contribution is 7.89. The zero-order chi connectivity index (χ0) is 15.5. The number of nitrogens with zero attached hydrogens (tertiary/aromatic N) is 2. The monoisotopic (exact) mass is 312 g/mol. The Morgan fingerprint density at radius 3 is 2.76 bits per heavy atom. The fourth-order valence-corrected chi connectivity index (χ4v) is 3.16. The van der Waals surface area contributed by atoms with E-state index in [1.54, 1.807) is 37.1 Å². The molecular formula is C13H20N4O3S. The third-order valence-electron chi connectivity index (χ3n) is 2.99. The van der Waals surface area contributed by atoms with Gasteiger partial charge in [-0.2, -0.15) is 5.10 Å². The van der Waals surface area contributed by atoms with Crippen molar-refractivity contribution in [2.75, 3.05) is 6.54 Å². The molecule has 0 aliphatic carbocycles. The molecule has 0 aliphatic rings. The second kappa shape index (κ2) is 6.42. The topological polar surface area (TPSA) is 89.2 Å². The molecule has 0 radical (unpaired) electrons. The summed E-state index contributed by atoms with van der Waals surface area (Å²) in [6.07, 6.45) is 3.39. The van der Waals surface area contributed by atoms with Gasteiger partial charge in [0, 0.05) is 31.4 Å². The molecule has 7 nitrogen and oxygen atoms in total. The fourth-order valence-electron chi connectivity index (χ4n) is 1.95. The van der Waals surface area contributed by atoms with Crippen LogP contribution >= 0.6 is 0 Å². The minimum atomic E-state index is -3.59. The van der Waals surface area contributed by atoms with E-state index in [0.717, 1.165) is 12.1 Å². The Bertz CT molecular complexity index is 703. The van der Waals surface area contributed by atoms with Gasteiger partial charge < -0.3 is 9.73 Å². The smallest absolute Gasteiger partial charge is 0.244 e. The van der Waals surface area contributed by atoms with Gasteiger partial charge in [0.1, 0.15) is 16.4 Å². The first-order valence-electron chi connectivity index (χ1n) is 6.69. The first-order valence-corrected chi connectivity index (χ1v) is 8.18. The van der Waals surface area contributed by atoms with Crippen LogP contribution in [-0.4, -0.2) is 24.7 Å². The summed E-state index contributed by atoms with van der Waals surface area (Å²) in [6.45, 7) is 5.12. The fraction of sp³-hybridized carbons (Fsp3) is 0.462. The molecule has 0 atom stereocenters. The van der Waals surface area contributed by atoms with Crippen molar-refractivity contribution in [1.82, 2.24) is 19.8 Å². The van der Waals surface area contributed by atoms with Gasteiger partial charge in [-0.05, 0) is 13.5 Å². The molecule has 2 rings (SSSR count). The SMILES string of the molecule is CCNCc1cc(S(=O)(=O)NCc2cnn(C)c2)c(C)o1. The summed E-state index contributed by atoms with van der Waals surface area (Å²) in [4.78, 5) is 0.180. The van der Waals surface area contributed by atoms with E-state index >= 15 is 0 Å². The first kappa shape index (κ1) is 15.7. The van der Waals surface area contributed by atoms with E-state index in [4.69, 9.17) is 4.42 Å². The number of nitrogens with one attached hydrogen (secondary N) is 2. The summed E-state index contributed by atoms with van der Waals surface area (Å²) >= 11 is 0. The molecule has 21 heavy (non-hydrogen) atoms. The molecule has 116 valence electrons. The van der Waals surface area contributed by atoms with Crippen LogP contribution < -0.4 is 10.0 Å². The molecule has 0 saturated heterocycles. The molecule has 2 aromatic heterocycles. The number of aryl methyl sites for hydroxylation is 2. The van der Waals surface area contributed by atoms with E-state index in [1.807, 2.05) is 6.92 Å². The maximum absolute atomic E-state index is 12.3. The Labute approximate surface area is 124 Å². The summed E-state index contributed by atoms with van der Waals surface area (Å²) in [5.74, 6) is 0.998. The van der Waals surface area contributed by atoms with Gasteiger partial charge in [-0.1, -0.05) is 6.92 Å².